The first-order valence-corrected chi connectivity index (χ1v) is 7.00. The van der Waals surface area contributed by atoms with Gasteiger partial charge in [0.25, 0.3) is 0 Å². The monoisotopic (exact) mass is 272 g/mol. The van der Waals surface area contributed by atoms with Crippen LogP contribution < -0.4 is 5.32 Å². The van der Waals surface area contributed by atoms with Crippen molar-refractivity contribution in [3.63, 3.8) is 0 Å². The molecule has 0 aromatic heterocycles. The van der Waals surface area contributed by atoms with Gasteiger partial charge in [0.15, 0.2) is 0 Å². The van der Waals surface area contributed by atoms with Crippen LogP contribution in [-0.4, -0.2) is 61.4 Å². The van der Waals surface area contributed by atoms with Crippen LogP contribution in [0.25, 0.3) is 0 Å². The van der Waals surface area contributed by atoms with E-state index in [2.05, 4.69) is 24.1 Å². The van der Waals surface area contributed by atoms with Crippen molar-refractivity contribution in [3.8, 4) is 0 Å². The molecule has 0 spiro atoms. The maximum atomic E-state index is 12.1. The highest BCUT2D eigenvalue weighted by Gasteiger charge is 2.38. The maximum Gasteiger partial charge on any atom is 0.327 e. The second kappa shape index (κ2) is 6.68. The van der Waals surface area contributed by atoms with Crippen LogP contribution in [0.3, 0.4) is 0 Å². The van der Waals surface area contributed by atoms with E-state index in [1.165, 1.54) is 7.11 Å². The van der Waals surface area contributed by atoms with Crippen LogP contribution in [0.5, 0.6) is 0 Å². The second-order valence-corrected chi connectivity index (χ2v) is 6.07. The summed E-state index contributed by atoms with van der Waals surface area (Å²) >= 11 is 0. The van der Waals surface area contributed by atoms with E-state index in [1.54, 1.807) is 0 Å². The zero-order valence-corrected chi connectivity index (χ0v) is 13.0. The third kappa shape index (κ3) is 4.75. The first kappa shape index (κ1) is 16.4. The van der Waals surface area contributed by atoms with E-state index in [9.17, 15) is 4.79 Å². The van der Waals surface area contributed by atoms with Gasteiger partial charge in [-0.25, -0.2) is 0 Å². The van der Waals surface area contributed by atoms with E-state index in [0.717, 1.165) is 13.1 Å². The SMILES string of the molecule is COC(=O)C(C)(CN1CC(C)OC(C)C1)NC(C)C. The zero-order chi connectivity index (χ0) is 14.6. The number of rotatable bonds is 5. The van der Waals surface area contributed by atoms with Crippen LogP contribution in [-0.2, 0) is 14.3 Å². The molecule has 0 saturated carbocycles. The molecule has 1 saturated heterocycles. The standard InChI is InChI=1S/C14H28N2O3/c1-10(2)15-14(5,13(17)18-6)9-16-7-11(3)19-12(4)8-16/h10-12,15H,7-9H2,1-6H3. The first-order chi connectivity index (χ1) is 8.76. The molecule has 1 rings (SSSR count). The predicted molar refractivity (Wildman–Crippen MR) is 75.1 cm³/mol. The molecule has 5 heteroatoms. The minimum absolute atomic E-state index is 0.199. The molecule has 0 aromatic carbocycles. The highest BCUT2D eigenvalue weighted by atomic mass is 16.5. The van der Waals surface area contributed by atoms with Crippen molar-refractivity contribution in [2.45, 2.75) is 58.4 Å². The summed E-state index contributed by atoms with van der Waals surface area (Å²) in [6, 6.07) is 0.222. The van der Waals surface area contributed by atoms with Crippen molar-refractivity contribution in [2.24, 2.45) is 0 Å². The summed E-state index contributed by atoms with van der Waals surface area (Å²) in [4.78, 5) is 14.3. The molecular weight excluding hydrogens is 244 g/mol. The number of morpholine rings is 1. The molecule has 1 aliphatic rings. The number of nitrogens with zero attached hydrogens (tertiary/aromatic N) is 1. The minimum atomic E-state index is -0.681. The number of esters is 1. The van der Waals surface area contributed by atoms with Crippen molar-refractivity contribution in [1.82, 2.24) is 10.2 Å². The van der Waals surface area contributed by atoms with Gasteiger partial charge in [-0.3, -0.25) is 15.0 Å². The minimum Gasteiger partial charge on any atom is -0.468 e. The normalized spacial score (nSPS) is 28.2. The summed E-state index contributed by atoms with van der Waals surface area (Å²) in [7, 11) is 1.44. The molecule has 112 valence electrons. The fraction of sp³-hybridized carbons (Fsp3) is 0.929. The molecule has 1 N–H and O–H groups in total. The Kier molecular flexibility index (Phi) is 5.77. The first-order valence-electron chi connectivity index (χ1n) is 7.00. The lowest BCUT2D eigenvalue weighted by atomic mass is 9.99. The number of hydrogen-bond donors (Lipinski definition) is 1. The van der Waals surface area contributed by atoms with Gasteiger partial charge in [0.1, 0.15) is 5.54 Å². The Morgan fingerprint density at radius 2 is 1.95 bits per heavy atom. The molecule has 0 bridgehead atoms. The second-order valence-electron chi connectivity index (χ2n) is 6.07. The molecule has 5 nitrogen and oxygen atoms in total. The fourth-order valence-electron chi connectivity index (χ4n) is 2.89. The van der Waals surface area contributed by atoms with E-state index >= 15 is 0 Å². The Bertz CT molecular complexity index is 299. The van der Waals surface area contributed by atoms with Crippen LogP contribution in [0.1, 0.15) is 34.6 Å². The van der Waals surface area contributed by atoms with Gasteiger partial charge in [-0.05, 0) is 34.6 Å². The molecule has 0 amide bonds. The highest BCUT2D eigenvalue weighted by Crippen LogP contribution is 2.16. The molecule has 0 radical (unpaired) electrons. The smallest absolute Gasteiger partial charge is 0.327 e. The zero-order valence-electron chi connectivity index (χ0n) is 13.0. The summed E-state index contributed by atoms with van der Waals surface area (Å²) in [6.07, 6.45) is 0.398. The average molecular weight is 272 g/mol. The Morgan fingerprint density at radius 1 is 1.42 bits per heavy atom. The van der Waals surface area contributed by atoms with Crippen LogP contribution in [0.15, 0.2) is 0 Å². The lowest BCUT2D eigenvalue weighted by molar-refractivity contribution is -0.150. The van der Waals surface area contributed by atoms with Gasteiger partial charge in [0.2, 0.25) is 0 Å². The number of carbonyl (C=O) groups is 1. The van der Waals surface area contributed by atoms with Crippen molar-refractivity contribution < 1.29 is 14.3 Å². The Balaban J connectivity index is 2.74. The van der Waals surface area contributed by atoms with Gasteiger partial charge in [0, 0.05) is 25.7 Å². The average Bonchev–Trinajstić information content (AvgIpc) is 2.24. The van der Waals surface area contributed by atoms with E-state index in [4.69, 9.17) is 9.47 Å². The molecule has 1 heterocycles. The van der Waals surface area contributed by atoms with Gasteiger partial charge >= 0.3 is 5.97 Å². The summed E-state index contributed by atoms with van der Waals surface area (Å²) in [5, 5.41) is 3.33. The summed E-state index contributed by atoms with van der Waals surface area (Å²) in [6.45, 7) is 12.4. The molecule has 1 aliphatic heterocycles. The van der Waals surface area contributed by atoms with Gasteiger partial charge < -0.3 is 9.47 Å². The van der Waals surface area contributed by atoms with Crippen molar-refractivity contribution in [3.05, 3.63) is 0 Å². The van der Waals surface area contributed by atoms with Gasteiger partial charge in [-0.15, -0.1) is 0 Å². The number of ether oxygens (including phenoxy) is 2. The van der Waals surface area contributed by atoms with Gasteiger partial charge in [-0.1, -0.05) is 0 Å². The van der Waals surface area contributed by atoms with Crippen LogP contribution in [0.4, 0.5) is 0 Å². The fourth-order valence-corrected chi connectivity index (χ4v) is 2.89. The van der Waals surface area contributed by atoms with Crippen LogP contribution >= 0.6 is 0 Å². The number of carbonyl (C=O) groups excluding carboxylic acids is 1. The highest BCUT2D eigenvalue weighted by molar-refractivity contribution is 5.80. The third-order valence-corrected chi connectivity index (χ3v) is 3.28. The summed E-state index contributed by atoms with van der Waals surface area (Å²) in [5.74, 6) is -0.215. The molecule has 1 fully saturated rings. The summed E-state index contributed by atoms with van der Waals surface area (Å²) in [5.41, 5.74) is -0.681. The van der Waals surface area contributed by atoms with Crippen molar-refractivity contribution in [2.75, 3.05) is 26.7 Å². The van der Waals surface area contributed by atoms with Crippen LogP contribution in [0, 0.1) is 0 Å². The van der Waals surface area contributed by atoms with Crippen LogP contribution in [0.2, 0.25) is 0 Å². The number of hydrogen-bond acceptors (Lipinski definition) is 5. The number of nitrogens with one attached hydrogen (secondary N) is 1. The molecule has 0 aromatic rings. The van der Waals surface area contributed by atoms with Gasteiger partial charge in [-0.2, -0.15) is 0 Å². The molecule has 3 unspecified atom stereocenters. The molecule has 19 heavy (non-hydrogen) atoms. The Hall–Kier alpha value is -0.650. The summed E-state index contributed by atoms with van der Waals surface area (Å²) < 4.78 is 10.7. The van der Waals surface area contributed by atoms with E-state index in [1.807, 2.05) is 20.8 Å². The molecule has 3 atom stereocenters. The van der Waals surface area contributed by atoms with E-state index < -0.39 is 5.54 Å². The predicted octanol–water partition coefficient (Wildman–Crippen LogP) is 1.03. The maximum absolute atomic E-state index is 12.1. The lowest BCUT2D eigenvalue weighted by Crippen LogP contribution is -2.61. The third-order valence-electron chi connectivity index (χ3n) is 3.28. The molecular formula is C14H28N2O3. The molecule has 0 aliphatic carbocycles. The topological polar surface area (TPSA) is 50.8 Å². The van der Waals surface area contributed by atoms with Crippen molar-refractivity contribution >= 4 is 5.97 Å². The van der Waals surface area contributed by atoms with Gasteiger partial charge in [0.05, 0.1) is 19.3 Å². The number of methoxy groups -OCH3 is 1. The van der Waals surface area contributed by atoms with E-state index in [-0.39, 0.29) is 24.2 Å². The van der Waals surface area contributed by atoms with Crippen molar-refractivity contribution in [1.29, 1.82) is 0 Å². The quantitative estimate of drug-likeness (QED) is 0.758. The largest absolute Gasteiger partial charge is 0.468 e. The Labute approximate surface area is 116 Å². The lowest BCUT2D eigenvalue weighted by Gasteiger charge is -2.40. The Morgan fingerprint density at radius 3 is 2.37 bits per heavy atom. The van der Waals surface area contributed by atoms with E-state index in [0.29, 0.717) is 6.54 Å².